The Labute approximate surface area is 56.2 Å². The molecule has 0 spiro atoms. The average molecular weight is 130 g/mol. The van der Waals surface area contributed by atoms with Crippen molar-refractivity contribution in [2.45, 2.75) is 33.0 Å². The van der Waals surface area contributed by atoms with Crippen molar-refractivity contribution in [3.05, 3.63) is 0 Å². The maximum absolute atomic E-state index is 5.24. The van der Waals surface area contributed by atoms with Gasteiger partial charge in [-0.05, 0) is 13.8 Å². The molecule has 2 atom stereocenters. The minimum atomic E-state index is 0.355. The molecule has 0 N–H and O–H groups in total. The highest BCUT2D eigenvalue weighted by molar-refractivity contribution is 4.69. The Balaban J connectivity index is 2.41. The highest BCUT2D eigenvalue weighted by atomic mass is 16.7. The van der Waals surface area contributed by atoms with Crippen LogP contribution in [0.2, 0.25) is 0 Å². The molecule has 2 nitrogen and oxygen atoms in total. The smallest absolute Gasteiger partial charge is 0.147 e. The molecule has 2 heteroatoms. The molecule has 0 aromatic heterocycles. The van der Waals surface area contributed by atoms with E-state index in [0.29, 0.717) is 24.9 Å². The molecular weight excluding hydrogens is 116 g/mol. The third kappa shape index (κ3) is 1.43. The zero-order valence-electron chi connectivity index (χ0n) is 6.26. The fourth-order valence-electron chi connectivity index (χ4n) is 0.939. The van der Waals surface area contributed by atoms with Gasteiger partial charge in [0.1, 0.15) is 6.79 Å². The lowest BCUT2D eigenvalue weighted by Gasteiger charge is -2.31. The summed E-state index contributed by atoms with van der Waals surface area (Å²) in [5.74, 6) is 0.527. The molecule has 1 saturated heterocycles. The van der Waals surface area contributed by atoms with Crippen LogP contribution in [0, 0.1) is 5.92 Å². The highest BCUT2D eigenvalue weighted by Crippen LogP contribution is 2.18. The van der Waals surface area contributed by atoms with Crippen molar-refractivity contribution >= 4 is 0 Å². The first-order chi connectivity index (χ1) is 4.22. The quantitative estimate of drug-likeness (QED) is 0.493. The Morgan fingerprint density at radius 2 is 1.44 bits per heavy atom. The second-order valence-electron chi connectivity index (χ2n) is 2.72. The predicted octanol–water partition coefficient (Wildman–Crippen LogP) is 1.40. The lowest BCUT2D eigenvalue weighted by molar-refractivity contribution is -0.192. The van der Waals surface area contributed by atoms with Crippen LogP contribution in [-0.4, -0.2) is 19.0 Å². The maximum atomic E-state index is 5.24. The molecule has 0 saturated carbocycles. The summed E-state index contributed by atoms with van der Waals surface area (Å²) in [4.78, 5) is 0. The highest BCUT2D eigenvalue weighted by Gasteiger charge is 2.24. The first-order valence-electron chi connectivity index (χ1n) is 3.45. The van der Waals surface area contributed by atoms with Gasteiger partial charge in [0.25, 0.3) is 0 Å². The standard InChI is InChI=1S/C7H14O2/c1-5-6(2)8-4-9-7(5)3/h5-7H,4H2,1-3H3. The monoisotopic (exact) mass is 130 g/mol. The van der Waals surface area contributed by atoms with Crippen LogP contribution in [0.5, 0.6) is 0 Å². The van der Waals surface area contributed by atoms with E-state index in [1.165, 1.54) is 0 Å². The minimum Gasteiger partial charge on any atom is -0.352 e. The molecule has 1 aliphatic rings. The van der Waals surface area contributed by atoms with E-state index in [2.05, 4.69) is 20.8 Å². The van der Waals surface area contributed by atoms with Gasteiger partial charge in [0.2, 0.25) is 0 Å². The molecule has 0 bridgehead atoms. The van der Waals surface area contributed by atoms with E-state index in [0.717, 1.165) is 0 Å². The molecule has 1 aliphatic heterocycles. The van der Waals surface area contributed by atoms with Gasteiger partial charge in [-0.15, -0.1) is 0 Å². The lowest BCUT2D eigenvalue weighted by atomic mass is 10.00. The molecule has 0 amide bonds. The van der Waals surface area contributed by atoms with Crippen molar-refractivity contribution in [2.75, 3.05) is 6.79 Å². The van der Waals surface area contributed by atoms with Gasteiger partial charge >= 0.3 is 0 Å². The first-order valence-corrected chi connectivity index (χ1v) is 3.45. The topological polar surface area (TPSA) is 18.5 Å². The van der Waals surface area contributed by atoms with E-state index in [-0.39, 0.29) is 0 Å². The number of hydrogen-bond acceptors (Lipinski definition) is 2. The molecule has 1 fully saturated rings. The van der Waals surface area contributed by atoms with Crippen LogP contribution in [0.3, 0.4) is 0 Å². The Kier molecular flexibility index (Phi) is 2.09. The predicted molar refractivity (Wildman–Crippen MR) is 35.1 cm³/mol. The zero-order chi connectivity index (χ0) is 6.85. The largest absolute Gasteiger partial charge is 0.352 e. The number of ether oxygens (including phenoxy) is 2. The SMILES string of the molecule is CC1OCOC(C)C1C. The molecule has 0 aliphatic carbocycles. The van der Waals surface area contributed by atoms with Crippen molar-refractivity contribution in [3.63, 3.8) is 0 Å². The van der Waals surface area contributed by atoms with Gasteiger partial charge in [-0.3, -0.25) is 0 Å². The lowest BCUT2D eigenvalue weighted by Crippen LogP contribution is -2.36. The fraction of sp³-hybridized carbons (Fsp3) is 1.00. The van der Waals surface area contributed by atoms with Gasteiger partial charge in [0, 0.05) is 5.92 Å². The van der Waals surface area contributed by atoms with Gasteiger partial charge in [-0.1, -0.05) is 6.92 Å². The Morgan fingerprint density at radius 3 is 1.78 bits per heavy atom. The van der Waals surface area contributed by atoms with Crippen molar-refractivity contribution < 1.29 is 9.47 Å². The van der Waals surface area contributed by atoms with E-state index in [9.17, 15) is 0 Å². The minimum absolute atomic E-state index is 0.355. The van der Waals surface area contributed by atoms with Gasteiger partial charge in [0.05, 0.1) is 12.2 Å². The molecule has 1 heterocycles. The molecule has 9 heavy (non-hydrogen) atoms. The van der Waals surface area contributed by atoms with Crippen LogP contribution in [-0.2, 0) is 9.47 Å². The van der Waals surface area contributed by atoms with Crippen LogP contribution in [0.4, 0.5) is 0 Å². The number of hydrogen-bond donors (Lipinski definition) is 0. The van der Waals surface area contributed by atoms with Crippen molar-refractivity contribution in [2.24, 2.45) is 5.92 Å². The van der Waals surface area contributed by atoms with Crippen molar-refractivity contribution in [1.82, 2.24) is 0 Å². The second kappa shape index (κ2) is 2.67. The van der Waals surface area contributed by atoms with Crippen LogP contribution < -0.4 is 0 Å². The summed E-state index contributed by atoms with van der Waals surface area (Å²) < 4.78 is 10.5. The summed E-state index contributed by atoms with van der Waals surface area (Å²) in [7, 11) is 0. The van der Waals surface area contributed by atoms with E-state index in [1.54, 1.807) is 0 Å². The third-order valence-electron chi connectivity index (χ3n) is 2.14. The van der Waals surface area contributed by atoms with Gasteiger partial charge in [-0.2, -0.15) is 0 Å². The molecule has 0 aromatic carbocycles. The van der Waals surface area contributed by atoms with E-state index < -0.39 is 0 Å². The Hall–Kier alpha value is -0.0800. The molecule has 0 radical (unpaired) electrons. The van der Waals surface area contributed by atoms with Crippen LogP contribution in [0.25, 0.3) is 0 Å². The summed E-state index contributed by atoms with van der Waals surface area (Å²) in [5.41, 5.74) is 0. The van der Waals surface area contributed by atoms with E-state index in [4.69, 9.17) is 9.47 Å². The summed E-state index contributed by atoms with van der Waals surface area (Å²) in [6.45, 7) is 6.79. The Bertz CT molecular complexity index is 82.9. The molecule has 0 aromatic rings. The summed E-state index contributed by atoms with van der Waals surface area (Å²) in [6.07, 6.45) is 0.711. The van der Waals surface area contributed by atoms with Gasteiger partial charge in [0.15, 0.2) is 0 Å². The molecule has 2 unspecified atom stereocenters. The molecule has 1 rings (SSSR count). The summed E-state index contributed by atoms with van der Waals surface area (Å²) in [6, 6.07) is 0. The van der Waals surface area contributed by atoms with Crippen molar-refractivity contribution in [1.29, 1.82) is 0 Å². The zero-order valence-corrected chi connectivity index (χ0v) is 6.26. The molecular formula is C7H14O2. The number of rotatable bonds is 0. The normalized spacial score (nSPS) is 45.0. The third-order valence-corrected chi connectivity index (χ3v) is 2.14. The Morgan fingerprint density at radius 1 is 1.00 bits per heavy atom. The van der Waals surface area contributed by atoms with Crippen LogP contribution in [0.1, 0.15) is 20.8 Å². The second-order valence-corrected chi connectivity index (χ2v) is 2.72. The van der Waals surface area contributed by atoms with Crippen LogP contribution >= 0.6 is 0 Å². The van der Waals surface area contributed by atoms with E-state index in [1.807, 2.05) is 0 Å². The molecule has 54 valence electrons. The fourth-order valence-corrected chi connectivity index (χ4v) is 0.939. The summed E-state index contributed by atoms with van der Waals surface area (Å²) in [5, 5.41) is 0. The van der Waals surface area contributed by atoms with Crippen LogP contribution in [0.15, 0.2) is 0 Å². The van der Waals surface area contributed by atoms with Gasteiger partial charge < -0.3 is 9.47 Å². The first kappa shape index (κ1) is 7.03. The van der Waals surface area contributed by atoms with E-state index >= 15 is 0 Å². The summed E-state index contributed by atoms with van der Waals surface area (Å²) >= 11 is 0. The average Bonchev–Trinajstić information content (AvgIpc) is 1.83. The van der Waals surface area contributed by atoms with Crippen molar-refractivity contribution in [3.8, 4) is 0 Å². The maximum Gasteiger partial charge on any atom is 0.147 e. The van der Waals surface area contributed by atoms with Gasteiger partial charge in [-0.25, -0.2) is 0 Å².